The third-order valence-electron chi connectivity index (χ3n) is 3.54. The molecular formula is C18H13FO2. The number of phenolic OH excluding ortho intramolecular Hbond substituents is 1. The molecule has 0 amide bonds. The molecule has 104 valence electrons. The molecular weight excluding hydrogens is 267 g/mol. The fraction of sp³-hybridized carbons (Fsp3) is 0.0556. The van der Waals surface area contributed by atoms with Gasteiger partial charge < -0.3 is 5.11 Å². The number of carbonyl (C=O) groups is 1. The lowest BCUT2D eigenvalue weighted by atomic mass is 9.92. The van der Waals surface area contributed by atoms with Gasteiger partial charge in [-0.2, -0.15) is 0 Å². The van der Waals surface area contributed by atoms with Crippen LogP contribution in [0.15, 0.2) is 54.6 Å². The van der Waals surface area contributed by atoms with Crippen LogP contribution < -0.4 is 0 Å². The minimum Gasteiger partial charge on any atom is -0.507 e. The van der Waals surface area contributed by atoms with E-state index in [0.717, 1.165) is 0 Å². The number of ketones is 1. The van der Waals surface area contributed by atoms with Gasteiger partial charge in [0.1, 0.15) is 11.6 Å². The minimum absolute atomic E-state index is 0.0217. The number of phenols is 1. The normalized spacial score (nSPS) is 10.8. The molecule has 0 unspecified atom stereocenters. The first-order chi connectivity index (χ1) is 10.1. The topological polar surface area (TPSA) is 37.3 Å². The lowest BCUT2D eigenvalue weighted by Crippen LogP contribution is -2.05. The molecule has 3 heteroatoms. The Hall–Kier alpha value is -2.68. The van der Waals surface area contributed by atoms with E-state index in [0.29, 0.717) is 27.5 Å². The van der Waals surface area contributed by atoms with E-state index in [2.05, 4.69) is 0 Å². The standard InChI is InChI=1S/C18H13FO2/c1-11-9-16(20)15-10-13(19)7-8-14(15)17(11)18(21)12-5-3-2-4-6-12/h2-10,20H,1H3. The van der Waals surface area contributed by atoms with E-state index in [1.54, 1.807) is 31.2 Å². The van der Waals surface area contributed by atoms with Gasteiger partial charge >= 0.3 is 0 Å². The smallest absolute Gasteiger partial charge is 0.193 e. The van der Waals surface area contributed by atoms with Crippen molar-refractivity contribution >= 4 is 16.6 Å². The second-order valence-corrected chi connectivity index (χ2v) is 4.97. The first kappa shape index (κ1) is 13.3. The second-order valence-electron chi connectivity index (χ2n) is 4.97. The van der Waals surface area contributed by atoms with Crippen LogP contribution in [0.5, 0.6) is 5.75 Å². The zero-order chi connectivity index (χ0) is 15.0. The molecule has 0 bridgehead atoms. The zero-order valence-electron chi connectivity index (χ0n) is 11.4. The Kier molecular flexibility index (Phi) is 3.18. The molecule has 2 nitrogen and oxygen atoms in total. The van der Waals surface area contributed by atoms with Gasteiger partial charge in [0.15, 0.2) is 5.78 Å². The number of halogens is 1. The van der Waals surface area contributed by atoms with Crippen LogP contribution in [-0.4, -0.2) is 10.9 Å². The summed E-state index contributed by atoms with van der Waals surface area (Å²) >= 11 is 0. The summed E-state index contributed by atoms with van der Waals surface area (Å²) in [5, 5.41) is 10.9. The van der Waals surface area contributed by atoms with Gasteiger partial charge in [0.25, 0.3) is 0 Å². The monoisotopic (exact) mass is 280 g/mol. The third-order valence-corrected chi connectivity index (χ3v) is 3.54. The van der Waals surface area contributed by atoms with Gasteiger partial charge in [-0.1, -0.05) is 36.4 Å². The van der Waals surface area contributed by atoms with Crippen molar-refractivity contribution in [3.05, 3.63) is 77.1 Å². The summed E-state index contributed by atoms with van der Waals surface area (Å²) in [4.78, 5) is 12.7. The van der Waals surface area contributed by atoms with Crippen molar-refractivity contribution in [1.82, 2.24) is 0 Å². The average Bonchev–Trinajstić information content (AvgIpc) is 2.48. The van der Waals surface area contributed by atoms with Crippen LogP contribution in [0.3, 0.4) is 0 Å². The summed E-state index contributed by atoms with van der Waals surface area (Å²) in [6.45, 7) is 1.76. The first-order valence-corrected chi connectivity index (χ1v) is 6.59. The predicted molar refractivity (Wildman–Crippen MR) is 80.2 cm³/mol. The minimum atomic E-state index is -0.445. The molecule has 0 aliphatic heterocycles. The molecule has 0 aromatic heterocycles. The zero-order valence-corrected chi connectivity index (χ0v) is 11.4. The van der Waals surface area contributed by atoms with Gasteiger partial charge in [-0.25, -0.2) is 4.39 Å². The molecule has 3 aromatic rings. The van der Waals surface area contributed by atoms with E-state index in [1.165, 1.54) is 24.3 Å². The maximum absolute atomic E-state index is 13.4. The fourth-order valence-corrected chi connectivity index (χ4v) is 2.55. The molecule has 0 heterocycles. The van der Waals surface area contributed by atoms with Crippen molar-refractivity contribution in [1.29, 1.82) is 0 Å². The van der Waals surface area contributed by atoms with Crippen molar-refractivity contribution in [2.75, 3.05) is 0 Å². The quantitative estimate of drug-likeness (QED) is 0.713. The lowest BCUT2D eigenvalue weighted by molar-refractivity contribution is 0.103. The Bertz CT molecular complexity index is 839. The summed E-state index contributed by atoms with van der Waals surface area (Å²) in [6.07, 6.45) is 0. The number of rotatable bonds is 2. The molecule has 1 N–H and O–H groups in total. The molecule has 3 rings (SSSR count). The van der Waals surface area contributed by atoms with Gasteiger partial charge in [0.2, 0.25) is 0 Å². The molecule has 0 aliphatic carbocycles. The summed E-state index contributed by atoms with van der Waals surface area (Å²) in [5.74, 6) is -0.601. The van der Waals surface area contributed by atoms with E-state index >= 15 is 0 Å². The van der Waals surface area contributed by atoms with Crippen LogP contribution in [0.4, 0.5) is 4.39 Å². The van der Waals surface area contributed by atoms with E-state index in [-0.39, 0.29) is 11.5 Å². The maximum Gasteiger partial charge on any atom is 0.193 e. The highest BCUT2D eigenvalue weighted by atomic mass is 19.1. The summed E-state index contributed by atoms with van der Waals surface area (Å²) in [5.41, 5.74) is 1.73. The predicted octanol–water partition coefficient (Wildman–Crippen LogP) is 4.22. The molecule has 21 heavy (non-hydrogen) atoms. The van der Waals surface area contributed by atoms with E-state index in [9.17, 15) is 14.3 Å². The molecule has 0 aliphatic rings. The van der Waals surface area contributed by atoms with Gasteiger partial charge in [-0.3, -0.25) is 4.79 Å². The molecule has 3 aromatic carbocycles. The Labute approximate surface area is 121 Å². The van der Waals surface area contributed by atoms with Crippen LogP contribution in [0, 0.1) is 12.7 Å². The number of carbonyl (C=O) groups excluding carboxylic acids is 1. The Morgan fingerprint density at radius 2 is 1.71 bits per heavy atom. The largest absolute Gasteiger partial charge is 0.507 e. The lowest BCUT2D eigenvalue weighted by Gasteiger charge is -2.11. The molecule has 0 saturated heterocycles. The number of hydrogen-bond donors (Lipinski definition) is 1. The Morgan fingerprint density at radius 1 is 1.00 bits per heavy atom. The average molecular weight is 280 g/mol. The highest BCUT2D eigenvalue weighted by Gasteiger charge is 2.17. The highest BCUT2D eigenvalue weighted by molar-refractivity contribution is 6.18. The molecule has 0 saturated carbocycles. The number of hydrogen-bond acceptors (Lipinski definition) is 2. The summed E-state index contributed by atoms with van der Waals surface area (Å²) < 4.78 is 13.4. The first-order valence-electron chi connectivity index (χ1n) is 6.59. The van der Waals surface area contributed by atoms with E-state index < -0.39 is 5.82 Å². The van der Waals surface area contributed by atoms with E-state index in [4.69, 9.17) is 0 Å². The molecule has 0 fully saturated rings. The molecule has 0 atom stereocenters. The van der Waals surface area contributed by atoms with Crippen molar-refractivity contribution < 1.29 is 14.3 Å². The number of benzene rings is 3. The summed E-state index contributed by atoms with van der Waals surface area (Å²) in [7, 11) is 0. The SMILES string of the molecule is Cc1cc(O)c2cc(F)ccc2c1C(=O)c1ccccc1. The maximum atomic E-state index is 13.4. The summed E-state index contributed by atoms with van der Waals surface area (Å²) in [6, 6.07) is 14.5. The second kappa shape index (κ2) is 5.02. The number of aryl methyl sites for hydroxylation is 1. The fourth-order valence-electron chi connectivity index (χ4n) is 2.55. The van der Waals surface area contributed by atoms with Gasteiger partial charge in [-0.15, -0.1) is 0 Å². The van der Waals surface area contributed by atoms with Crippen molar-refractivity contribution in [3.63, 3.8) is 0 Å². The molecule has 0 radical (unpaired) electrons. The Balaban J connectivity index is 2.30. The van der Waals surface area contributed by atoms with Crippen LogP contribution in [0.1, 0.15) is 21.5 Å². The van der Waals surface area contributed by atoms with E-state index in [1.807, 2.05) is 6.07 Å². The van der Waals surface area contributed by atoms with Crippen LogP contribution >= 0.6 is 0 Å². The van der Waals surface area contributed by atoms with Gasteiger partial charge in [0, 0.05) is 16.5 Å². The Morgan fingerprint density at radius 3 is 2.43 bits per heavy atom. The van der Waals surface area contributed by atoms with Gasteiger partial charge in [0.05, 0.1) is 0 Å². The number of fused-ring (bicyclic) bond motifs is 1. The highest BCUT2D eigenvalue weighted by Crippen LogP contribution is 2.32. The third kappa shape index (κ3) is 2.27. The van der Waals surface area contributed by atoms with Crippen molar-refractivity contribution in [2.24, 2.45) is 0 Å². The number of aromatic hydroxyl groups is 1. The van der Waals surface area contributed by atoms with Gasteiger partial charge in [-0.05, 0) is 36.1 Å². The van der Waals surface area contributed by atoms with Crippen LogP contribution in [0.2, 0.25) is 0 Å². The molecule has 0 spiro atoms. The van der Waals surface area contributed by atoms with Crippen molar-refractivity contribution in [3.8, 4) is 5.75 Å². The van der Waals surface area contributed by atoms with Crippen LogP contribution in [0.25, 0.3) is 10.8 Å². The van der Waals surface area contributed by atoms with Crippen molar-refractivity contribution in [2.45, 2.75) is 6.92 Å². The van der Waals surface area contributed by atoms with Crippen LogP contribution in [-0.2, 0) is 0 Å².